The van der Waals surface area contributed by atoms with Crippen molar-refractivity contribution in [3.05, 3.63) is 48.3 Å². The van der Waals surface area contributed by atoms with Crippen LogP contribution < -0.4 is 0 Å². The van der Waals surface area contributed by atoms with Crippen molar-refractivity contribution in [3.8, 4) is 0 Å². The van der Waals surface area contributed by atoms with Gasteiger partial charge < -0.3 is 9.80 Å². The van der Waals surface area contributed by atoms with Crippen molar-refractivity contribution in [2.45, 2.75) is 142 Å². The Morgan fingerprint density at radius 1 is 0.471 bits per heavy atom. The van der Waals surface area contributed by atoms with Gasteiger partial charge in [-0.2, -0.15) is 0 Å². The molecule has 2 rings (SSSR count). The molecule has 2 nitrogen and oxygen atoms in total. The van der Waals surface area contributed by atoms with E-state index in [-0.39, 0.29) is 0 Å². The van der Waals surface area contributed by atoms with E-state index in [1.54, 1.807) is 0 Å². The van der Waals surface area contributed by atoms with Gasteiger partial charge in [-0.1, -0.05) is 153 Å². The monoisotopic (exact) mass is 468 g/mol. The fourth-order valence-corrected chi connectivity index (χ4v) is 5.31. The Morgan fingerprint density at radius 3 is 1.24 bits per heavy atom. The second kappa shape index (κ2) is 19.8. The van der Waals surface area contributed by atoms with Gasteiger partial charge in [0.1, 0.15) is 6.17 Å². The third-order valence-corrected chi connectivity index (χ3v) is 7.47. The van der Waals surface area contributed by atoms with Crippen LogP contribution in [0, 0.1) is 0 Å². The molecule has 0 fully saturated rings. The third-order valence-electron chi connectivity index (χ3n) is 7.47. The lowest BCUT2D eigenvalue weighted by Crippen LogP contribution is -2.32. The van der Waals surface area contributed by atoms with Crippen LogP contribution in [-0.4, -0.2) is 22.9 Å². The average Bonchev–Trinajstić information content (AvgIpc) is 3.27. The summed E-state index contributed by atoms with van der Waals surface area (Å²) in [5.74, 6) is 0. The number of nitrogens with zero attached hydrogens (tertiary/aromatic N) is 2. The first-order valence-corrected chi connectivity index (χ1v) is 15.1. The van der Waals surface area contributed by atoms with E-state index < -0.39 is 0 Å². The molecule has 0 aliphatic carbocycles. The van der Waals surface area contributed by atoms with Crippen molar-refractivity contribution >= 4 is 0 Å². The number of benzene rings is 1. The van der Waals surface area contributed by atoms with E-state index in [1.165, 1.54) is 141 Å². The van der Waals surface area contributed by atoms with Crippen molar-refractivity contribution < 1.29 is 0 Å². The largest absolute Gasteiger partial charge is 0.352 e. The van der Waals surface area contributed by atoms with E-state index in [0.29, 0.717) is 6.17 Å². The van der Waals surface area contributed by atoms with Gasteiger partial charge in [0, 0.05) is 25.5 Å². The van der Waals surface area contributed by atoms with Gasteiger partial charge in [0.05, 0.1) is 0 Å². The number of hydrogen-bond acceptors (Lipinski definition) is 2. The van der Waals surface area contributed by atoms with E-state index in [2.05, 4.69) is 66.4 Å². The molecule has 0 radical (unpaired) electrons. The minimum atomic E-state index is 0.398. The Hall–Kier alpha value is -1.44. The molecule has 1 aromatic rings. The number of rotatable bonds is 22. The maximum Gasteiger partial charge on any atom is 0.127 e. The SMILES string of the molecule is CCCCCCCCCCCCCCCCCN1C=CN(CCCCCC)C1c1ccccc1. The van der Waals surface area contributed by atoms with Crippen LogP contribution in [0.15, 0.2) is 42.7 Å². The first kappa shape index (κ1) is 28.8. The summed E-state index contributed by atoms with van der Waals surface area (Å²) in [6.07, 6.45) is 31.9. The predicted octanol–water partition coefficient (Wildman–Crippen LogP) is 10.2. The maximum atomic E-state index is 2.58. The normalized spacial score (nSPS) is 15.5. The van der Waals surface area contributed by atoms with Gasteiger partial charge in [-0.3, -0.25) is 0 Å². The second-order valence-corrected chi connectivity index (χ2v) is 10.6. The highest BCUT2D eigenvalue weighted by Crippen LogP contribution is 2.31. The molecule has 1 aliphatic rings. The molecular formula is C32H56N2. The van der Waals surface area contributed by atoms with Gasteiger partial charge in [0.15, 0.2) is 0 Å². The summed E-state index contributed by atoms with van der Waals surface area (Å²) in [6.45, 7) is 6.95. The Balaban J connectivity index is 1.53. The number of hydrogen-bond donors (Lipinski definition) is 0. The Morgan fingerprint density at radius 2 is 0.824 bits per heavy atom. The lowest BCUT2D eigenvalue weighted by Gasteiger charge is -2.33. The highest BCUT2D eigenvalue weighted by atomic mass is 15.4. The van der Waals surface area contributed by atoms with Crippen LogP contribution in [0.5, 0.6) is 0 Å². The molecule has 0 saturated carbocycles. The quantitative estimate of drug-likeness (QED) is 0.156. The van der Waals surface area contributed by atoms with Crippen molar-refractivity contribution in [1.29, 1.82) is 0 Å². The average molecular weight is 469 g/mol. The molecule has 0 aromatic heterocycles. The van der Waals surface area contributed by atoms with Crippen LogP contribution in [0.2, 0.25) is 0 Å². The molecule has 1 unspecified atom stereocenters. The zero-order chi connectivity index (χ0) is 24.1. The minimum absolute atomic E-state index is 0.398. The molecule has 194 valence electrons. The molecule has 0 N–H and O–H groups in total. The molecule has 1 atom stereocenters. The van der Waals surface area contributed by atoms with Gasteiger partial charge in [-0.25, -0.2) is 0 Å². The lowest BCUT2D eigenvalue weighted by atomic mass is 10.0. The first-order valence-electron chi connectivity index (χ1n) is 15.1. The highest BCUT2D eigenvalue weighted by molar-refractivity contribution is 5.21. The van der Waals surface area contributed by atoms with E-state index >= 15 is 0 Å². The summed E-state index contributed by atoms with van der Waals surface area (Å²) < 4.78 is 0. The molecular weight excluding hydrogens is 412 g/mol. The Kier molecular flexibility index (Phi) is 16.8. The summed E-state index contributed by atoms with van der Waals surface area (Å²) in [5, 5.41) is 0. The first-order chi connectivity index (χ1) is 16.9. The smallest absolute Gasteiger partial charge is 0.127 e. The van der Waals surface area contributed by atoms with Gasteiger partial charge in [-0.15, -0.1) is 0 Å². The van der Waals surface area contributed by atoms with Gasteiger partial charge >= 0.3 is 0 Å². The highest BCUT2D eigenvalue weighted by Gasteiger charge is 2.26. The standard InChI is InChI=1S/C32H56N2/c1-3-5-7-9-10-11-12-13-14-15-16-17-18-19-24-28-34-30-29-33(27-23-8-6-4-2)32(34)31-25-21-20-22-26-31/h20-22,25-26,29-30,32H,3-19,23-24,27-28H2,1-2H3. The summed E-state index contributed by atoms with van der Waals surface area (Å²) in [7, 11) is 0. The van der Waals surface area contributed by atoms with Gasteiger partial charge in [0.2, 0.25) is 0 Å². The van der Waals surface area contributed by atoms with E-state index in [0.717, 1.165) is 0 Å². The Labute approximate surface area is 213 Å². The fourth-order valence-electron chi connectivity index (χ4n) is 5.31. The van der Waals surface area contributed by atoms with E-state index in [1.807, 2.05) is 0 Å². The summed E-state index contributed by atoms with van der Waals surface area (Å²) in [6, 6.07) is 11.1. The maximum absolute atomic E-state index is 2.58. The number of unbranched alkanes of at least 4 members (excludes halogenated alkanes) is 17. The summed E-state index contributed by atoms with van der Waals surface area (Å²) in [4.78, 5) is 5.15. The topological polar surface area (TPSA) is 6.48 Å². The van der Waals surface area contributed by atoms with Crippen LogP contribution in [-0.2, 0) is 0 Å². The van der Waals surface area contributed by atoms with Crippen molar-refractivity contribution in [2.75, 3.05) is 13.1 Å². The molecule has 1 heterocycles. The van der Waals surface area contributed by atoms with Crippen molar-refractivity contribution in [1.82, 2.24) is 9.80 Å². The van der Waals surface area contributed by atoms with Crippen LogP contribution in [0.1, 0.15) is 148 Å². The molecule has 34 heavy (non-hydrogen) atoms. The van der Waals surface area contributed by atoms with Gasteiger partial charge in [-0.05, 0) is 18.4 Å². The summed E-state index contributed by atoms with van der Waals surface area (Å²) in [5.41, 5.74) is 1.43. The van der Waals surface area contributed by atoms with Crippen molar-refractivity contribution in [2.24, 2.45) is 0 Å². The molecule has 1 aromatic carbocycles. The van der Waals surface area contributed by atoms with Crippen LogP contribution in [0.25, 0.3) is 0 Å². The molecule has 1 aliphatic heterocycles. The molecule has 0 spiro atoms. The zero-order valence-electron chi connectivity index (χ0n) is 22.9. The molecule has 0 saturated heterocycles. The van der Waals surface area contributed by atoms with Crippen LogP contribution >= 0.6 is 0 Å². The second-order valence-electron chi connectivity index (χ2n) is 10.6. The molecule has 0 bridgehead atoms. The van der Waals surface area contributed by atoms with Crippen molar-refractivity contribution in [3.63, 3.8) is 0 Å². The van der Waals surface area contributed by atoms with Gasteiger partial charge in [0.25, 0.3) is 0 Å². The lowest BCUT2D eigenvalue weighted by molar-refractivity contribution is 0.150. The van der Waals surface area contributed by atoms with E-state index in [4.69, 9.17) is 0 Å². The predicted molar refractivity (Wildman–Crippen MR) is 151 cm³/mol. The van der Waals surface area contributed by atoms with Crippen LogP contribution in [0.3, 0.4) is 0 Å². The van der Waals surface area contributed by atoms with E-state index in [9.17, 15) is 0 Å². The minimum Gasteiger partial charge on any atom is -0.352 e. The zero-order valence-corrected chi connectivity index (χ0v) is 22.9. The molecule has 2 heteroatoms. The fraction of sp³-hybridized carbons (Fsp3) is 0.750. The summed E-state index contributed by atoms with van der Waals surface area (Å²) >= 11 is 0. The van der Waals surface area contributed by atoms with Crippen LogP contribution in [0.4, 0.5) is 0 Å². The Bertz CT molecular complexity index is 596. The third kappa shape index (κ3) is 12.3. The molecule has 0 amide bonds.